The second-order valence-electron chi connectivity index (χ2n) is 5.96. The first-order valence-corrected chi connectivity index (χ1v) is 7.01. The van der Waals surface area contributed by atoms with Crippen molar-refractivity contribution in [2.24, 2.45) is 0 Å². The highest BCUT2D eigenvalue weighted by Gasteiger charge is 2.27. The van der Waals surface area contributed by atoms with Crippen molar-refractivity contribution >= 4 is 0 Å². The molecule has 0 aromatic rings. The minimum absolute atomic E-state index is 0.00484. The maximum atomic E-state index is 5.51. The summed E-state index contributed by atoms with van der Waals surface area (Å²) >= 11 is 0. The van der Waals surface area contributed by atoms with Crippen LogP contribution in [0.3, 0.4) is 0 Å². The van der Waals surface area contributed by atoms with Crippen molar-refractivity contribution in [2.45, 2.75) is 64.6 Å². The van der Waals surface area contributed by atoms with E-state index < -0.39 is 0 Å². The quantitative estimate of drug-likeness (QED) is 0.773. The van der Waals surface area contributed by atoms with Gasteiger partial charge in [0.2, 0.25) is 0 Å². The molecule has 1 fully saturated rings. The predicted molar refractivity (Wildman–Crippen MR) is 73.4 cm³/mol. The van der Waals surface area contributed by atoms with E-state index in [1.54, 1.807) is 0 Å². The number of hydrogen-bond donors (Lipinski definition) is 1. The van der Waals surface area contributed by atoms with Crippen molar-refractivity contribution in [3.05, 3.63) is 0 Å². The van der Waals surface area contributed by atoms with Crippen molar-refractivity contribution in [3.8, 4) is 0 Å². The zero-order chi connectivity index (χ0) is 12.9. The Labute approximate surface area is 107 Å². The highest BCUT2D eigenvalue weighted by Crippen LogP contribution is 2.18. The number of nitrogens with one attached hydrogen (secondary N) is 1. The van der Waals surface area contributed by atoms with Crippen molar-refractivity contribution in [3.63, 3.8) is 0 Å². The third kappa shape index (κ3) is 4.94. The molecular weight excluding hydrogens is 212 g/mol. The van der Waals surface area contributed by atoms with E-state index in [2.05, 4.69) is 37.9 Å². The van der Waals surface area contributed by atoms with E-state index in [9.17, 15) is 0 Å². The van der Waals surface area contributed by atoms with Gasteiger partial charge in [-0.05, 0) is 33.6 Å². The van der Waals surface area contributed by atoms with E-state index in [4.69, 9.17) is 4.74 Å². The van der Waals surface area contributed by atoms with Crippen LogP contribution in [0.4, 0.5) is 0 Å². The van der Waals surface area contributed by atoms with Gasteiger partial charge < -0.3 is 10.1 Å². The summed E-state index contributed by atoms with van der Waals surface area (Å²) in [5, 5.41) is 3.59. The lowest BCUT2D eigenvalue weighted by molar-refractivity contribution is -0.000425. The summed E-state index contributed by atoms with van der Waals surface area (Å²) in [6, 6.07) is 1.33. The van der Waals surface area contributed by atoms with Crippen molar-refractivity contribution < 1.29 is 4.74 Å². The second kappa shape index (κ2) is 6.72. The van der Waals surface area contributed by atoms with Gasteiger partial charge in [-0.15, -0.1) is 0 Å². The molecule has 1 heterocycles. The van der Waals surface area contributed by atoms with E-state index in [1.807, 2.05) is 7.11 Å². The number of piperazine rings is 1. The monoisotopic (exact) mass is 242 g/mol. The van der Waals surface area contributed by atoms with E-state index >= 15 is 0 Å². The summed E-state index contributed by atoms with van der Waals surface area (Å²) < 4.78 is 5.51. The van der Waals surface area contributed by atoms with Crippen LogP contribution in [0.2, 0.25) is 0 Å². The summed E-state index contributed by atoms with van der Waals surface area (Å²) in [6.45, 7) is 12.4. The molecule has 0 saturated carbocycles. The molecular formula is C14H30N2O. The fraction of sp³-hybridized carbons (Fsp3) is 1.00. The molecule has 3 heteroatoms. The maximum absolute atomic E-state index is 5.51. The molecule has 1 rings (SSSR count). The first-order valence-electron chi connectivity index (χ1n) is 7.01. The first-order chi connectivity index (χ1) is 7.98. The highest BCUT2D eigenvalue weighted by molar-refractivity contribution is 4.85. The second-order valence-corrected chi connectivity index (χ2v) is 5.96. The van der Waals surface area contributed by atoms with Crippen molar-refractivity contribution in [2.75, 3.05) is 26.7 Å². The van der Waals surface area contributed by atoms with Crippen LogP contribution in [-0.2, 0) is 4.74 Å². The van der Waals surface area contributed by atoms with Gasteiger partial charge in [-0.2, -0.15) is 0 Å². The molecule has 3 nitrogen and oxygen atoms in total. The summed E-state index contributed by atoms with van der Waals surface area (Å²) in [6.07, 6.45) is 3.68. The minimum Gasteiger partial charge on any atom is -0.379 e. The van der Waals surface area contributed by atoms with Gasteiger partial charge >= 0.3 is 0 Å². The highest BCUT2D eigenvalue weighted by atomic mass is 16.5. The molecule has 1 N–H and O–H groups in total. The Bertz CT molecular complexity index is 218. The molecule has 0 bridgehead atoms. The van der Waals surface area contributed by atoms with Crippen LogP contribution in [0, 0.1) is 0 Å². The third-order valence-corrected chi connectivity index (χ3v) is 3.90. The summed E-state index contributed by atoms with van der Waals surface area (Å²) in [4.78, 5) is 2.64. The predicted octanol–water partition coefficient (Wildman–Crippen LogP) is 2.26. The molecule has 0 radical (unpaired) electrons. The standard InChI is InChI=1S/C14H30N2O/c1-6-7-13-10-15-12(2)11-16(13)9-8-14(3,4)17-5/h12-13,15H,6-11H2,1-5H3. The van der Waals surface area contributed by atoms with Gasteiger partial charge in [-0.1, -0.05) is 13.3 Å². The molecule has 102 valence electrons. The van der Waals surface area contributed by atoms with E-state index in [0.717, 1.165) is 19.5 Å². The fourth-order valence-corrected chi connectivity index (χ4v) is 2.44. The first kappa shape index (κ1) is 14.9. The maximum Gasteiger partial charge on any atom is 0.0634 e. The van der Waals surface area contributed by atoms with Crippen LogP contribution in [0.15, 0.2) is 0 Å². The number of methoxy groups -OCH3 is 1. The molecule has 2 unspecified atom stereocenters. The van der Waals surface area contributed by atoms with E-state index in [1.165, 1.54) is 19.4 Å². The third-order valence-electron chi connectivity index (χ3n) is 3.90. The normalized spacial score (nSPS) is 27.4. The lowest BCUT2D eigenvalue weighted by Crippen LogP contribution is -2.56. The Hall–Kier alpha value is -0.120. The lowest BCUT2D eigenvalue weighted by Gasteiger charge is -2.40. The van der Waals surface area contributed by atoms with Crippen molar-refractivity contribution in [1.82, 2.24) is 10.2 Å². The molecule has 0 spiro atoms. The number of ether oxygens (including phenoxy) is 1. The Morgan fingerprint density at radius 3 is 2.71 bits per heavy atom. The summed E-state index contributed by atoms with van der Waals surface area (Å²) in [7, 11) is 1.81. The molecule has 2 atom stereocenters. The average molecular weight is 242 g/mol. The Balaban J connectivity index is 2.46. The molecule has 0 aliphatic carbocycles. The van der Waals surface area contributed by atoms with Gasteiger partial charge in [-0.25, -0.2) is 0 Å². The molecule has 0 aromatic heterocycles. The molecule has 1 aliphatic heterocycles. The largest absolute Gasteiger partial charge is 0.379 e. The zero-order valence-corrected chi connectivity index (χ0v) is 12.3. The zero-order valence-electron chi connectivity index (χ0n) is 12.3. The van der Waals surface area contributed by atoms with Crippen LogP contribution >= 0.6 is 0 Å². The summed E-state index contributed by atoms with van der Waals surface area (Å²) in [5.74, 6) is 0. The van der Waals surface area contributed by atoms with Gasteiger partial charge in [0.15, 0.2) is 0 Å². The van der Waals surface area contributed by atoms with Gasteiger partial charge in [-0.3, -0.25) is 4.90 Å². The molecule has 1 aliphatic rings. The molecule has 17 heavy (non-hydrogen) atoms. The molecule has 1 saturated heterocycles. The average Bonchev–Trinajstić information content (AvgIpc) is 2.30. The van der Waals surface area contributed by atoms with Crippen LogP contribution in [-0.4, -0.2) is 49.3 Å². The molecule has 0 amide bonds. The van der Waals surface area contributed by atoms with Gasteiger partial charge in [0.1, 0.15) is 0 Å². The van der Waals surface area contributed by atoms with Crippen molar-refractivity contribution in [1.29, 1.82) is 0 Å². The smallest absolute Gasteiger partial charge is 0.0634 e. The number of hydrogen-bond acceptors (Lipinski definition) is 3. The topological polar surface area (TPSA) is 24.5 Å². The fourth-order valence-electron chi connectivity index (χ4n) is 2.44. The Kier molecular flexibility index (Phi) is 5.90. The van der Waals surface area contributed by atoms with E-state index in [-0.39, 0.29) is 5.60 Å². The number of nitrogens with zero attached hydrogens (tertiary/aromatic N) is 1. The lowest BCUT2D eigenvalue weighted by atomic mass is 10.0. The molecule has 0 aromatic carbocycles. The van der Waals surface area contributed by atoms with E-state index in [0.29, 0.717) is 12.1 Å². The van der Waals surface area contributed by atoms with Crippen LogP contribution in [0.25, 0.3) is 0 Å². The summed E-state index contributed by atoms with van der Waals surface area (Å²) in [5.41, 5.74) is 0.00484. The Morgan fingerprint density at radius 2 is 2.12 bits per heavy atom. The van der Waals surface area contributed by atoms with Gasteiger partial charge in [0.25, 0.3) is 0 Å². The van der Waals surface area contributed by atoms with Crippen LogP contribution in [0.1, 0.15) is 47.0 Å². The van der Waals surface area contributed by atoms with Crippen LogP contribution in [0.5, 0.6) is 0 Å². The SMILES string of the molecule is CCCC1CNC(C)CN1CCC(C)(C)OC. The number of rotatable bonds is 6. The minimum atomic E-state index is 0.00484. The van der Waals surface area contributed by atoms with Crippen LogP contribution < -0.4 is 5.32 Å². The van der Waals surface area contributed by atoms with Gasteiger partial charge in [0, 0.05) is 38.8 Å². The Morgan fingerprint density at radius 1 is 1.41 bits per heavy atom. The van der Waals surface area contributed by atoms with Gasteiger partial charge in [0.05, 0.1) is 5.60 Å².